The van der Waals surface area contributed by atoms with Gasteiger partial charge < -0.3 is 14.5 Å². The molecular weight excluding hydrogens is 262 g/mol. The van der Waals surface area contributed by atoms with E-state index in [0.29, 0.717) is 16.5 Å². The van der Waals surface area contributed by atoms with Gasteiger partial charge in [-0.15, -0.1) is 0 Å². The van der Waals surface area contributed by atoms with E-state index in [9.17, 15) is 14.4 Å². The Morgan fingerprint density at radius 1 is 1.25 bits per heavy atom. The first kappa shape index (κ1) is 13.8. The molecule has 6 nitrogen and oxygen atoms in total. The topological polar surface area (TPSA) is 85.5 Å². The number of fused-ring (bicyclic) bond motifs is 1. The van der Waals surface area contributed by atoms with Crippen LogP contribution < -0.4 is 5.43 Å². The second-order valence-corrected chi connectivity index (χ2v) is 4.00. The van der Waals surface area contributed by atoms with Gasteiger partial charge in [-0.3, -0.25) is 4.79 Å². The van der Waals surface area contributed by atoms with Crippen molar-refractivity contribution in [2.24, 2.45) is 0 Å². The maximum absolute atomic E-state index is 12.2. The van der Waals surface area contributed by atoms with Crippen molar-refractivity contribution >= 4 is 22.8 Å². The Balaban J connectivity index is 2.55. The van der Waals surface area contributed by atoms with E-state index in [1.165, 1.54) is 31.5 Å². The van der Waals surface area contributed by atoms with E-state index in [1.54, 1.807) is 6.92 Å². The van der Waals surface area contributed by atoms with Gasteiger partial charge in [-0.2, -0.15) is 0 Å². The van der Waals surface area contributed by atoms with Crippen LogP contribution in [0, 0.1) is 0 Å². The van der Waals surface area contributed by atoms with Gasteiger partial charge in [-0.25, -0.2) is 9.59 Å². The van der Waals surface area contributed by atoms with Crippen molar-refractivity contribution in [2.75, 3.05) is 13.7 Å². The third-order valence-corrected chi connectivity index (χ3v) is 2.80. The van der Waals surface area contributed by atoms with Crippen LogP contribution in [0.3, 0.4) is 0 Å². The molecule has 1 aromatic heterocycles. The number of aromatic amines is 1. The molecule has 0 saturated heterocycles. The smallest absolute Gasteiger partial charge is 0.343 e. The first-order valence-corrected chi connectivity index (χ1v) is 5.99. The lowest BCUT2D eigenvalue weighted by Gasteiger charge is -2.05. The molecule has 104 valence electrons. The van der Waals surface area contributed by atoms with Gasteiger partial charge in [0, 0.05) is 11.6 Å². The van der Waals surface area contributed by atoms with Gasteiger partial charge in [0.25, 0.3) is 0 Å². The normalized spacial score (nSPS) is 10.3. The lowest BCUT2D eigenvalue weighted by Crippen LogP contribution is -2.18. The van der Waals surface area contributed by atoms with Gasteiger partial charge in [0.05, 0.1) is 24.8 Å². The van der Waals surface area contributed by atoms with Crippen molar-refractivity contribution in [2.45, 2.75) is 6.92 Å². The number of H-pyrrole nitrogens is 1. The molecule has 0 aliphatic heterocycles. The molecule has 0 spiro atoms. The number of hydrogen-bond donors (Lipinski definition) is 1. The van der Waals surface area contributed by atoms with Gasteiger partial charge in [0.1, 0.15) is 5.56 Å². The number of esters is 2. The largest absolute Gasteiger partial charge is 0.465 e. The van der Waals surface area contributed by atoms with Crippen LogP contribution >= 0.6 is 0 Å². The number of hydrogen-bond acceptors (Lipinski definition) is 5. The summed E-state index contributed by atoms with van der Waals surface area (Å²) < 4.78 is 9.41. The first-order valence-electron chi connectivity index (χ1n) is 5.99. The molecule has 6 heteroatoms. The summed E-state index contributed by atoms with van der Waals surface area (Å²) in [5.74, 6) is -1.17. The van der Waals surface area contributed by atoms with Crippen LogP contribution in [0.5, 0.6) is 0 Å². The molecule has 2 rings (SSSR count). The van der Waals surface area contributed by atoms with Crippen LogP contribution in [-0.4, -0.2) is 30.6 Å². The summed E-state index contributed by atoms with van der Waals surface area (Å²) in [5, 5.41) is 0.309. The summed E-state index contributed by atoms with van der Waals surface area (Å²) in [5.41, 5.74) is 0.268. The molecule has 0 aliphatic carbocycles. The highest BCUT2D eigenvalue weighted by Crippen LogP contribution is 2.12. The van der Waals surface area contributed by atoms with E-state index in [1.807, 2.05) is 0 Å². The second kappa shape index (κ2) is 5.56. The zero-order valence-electron chi connectivity index (χ0n) is 11.1. The van der Waals surface area contributed by atoms with E-state index in [2.05, 4.69) is 9.72 Å². The van der Waals surface area contributed by atoms with Crippen LogP contribution in [0.1, 0.15) is 27.6 Å². The molecule has 1 aromatic carbocycles. The summed E-state index contributed by atoms with van der Waals surface area (Å²) in [6.07, 6.45) is 1.28. The van der Waals surface area contributed by atoms with Crippen molar-refractivity contribution in [3.8, 4) is 0 Å². The Kier molecular flexibility index (Phi) is 3.84. The Hall–Kier alpha value is -2.63. The summed E-state index contributed by atoms with van der Waals surface area (Å²) >= 11 is 0. The highest BCUT2D eigenvalue weighted by atomic mass is 16.5. The lowest BCUT2D eigenvalue weighted by atomic mass is 10.1. The predicted octanol–water partition coefficient (Wildman–Crippen LogP) is 1.49. The van der Waals surface area contributed by atoms with Crippen molar-refractivity contribution in [3.63, 3.8) is 0 Å². The fourth-order valence-electron chi connectivity index (χ4n) is 1.83. The van der Waals surface area contributed by atoms with E-state index < -0.39 is 17.4 Å². The third kappa shape index (κ3) is 2.40. The third-order valence-electron chi connectivity index (χ3n) is 2.80. The Labute approximate surface area is 114 Å². The molecule has 1 heterocycles. The zero-order valence-corrected chi connectivity index (χ0v) is 11.1. The van der Waals surface area contributed by atoms with Gasteiger partial charge in [0.15, 0.2) is 0 Å². The number of benzene rings is 1. The molecule has 20 heavy (non-hydrogen) atoms. The standard InChI is InChI=1S/C14H13NO5/c1-3-20-14(18)10-7-15-11-6-8(13(17)19-2)4-5-9(11)12(10)16/h4-7H,3H2,1-2H3,(H,15,16). The van der Waals surface area contributed by atoms with Crippen LogP contribution in [0.4, 0.5) is 0 Å². The van der Waals surface area contributed by atoms with E-state index in [4.69, 9.17) is 4.74 Å². The predicted molar refractivity (Wildman–Crippen MR) is 71.9 cm³/mol. The number of rotatable bonds is 3. The summed E-state index contributed by atoms with van der Waals surface area (Å²) in [6, 6.07) is 4.44. The number of carbonyl (C=O) groups is 2. The molecular formula is C14H13NO5. The van der Waals surface area contributed by atoms with Crippen molar-refractivity contribution < 1.29 is 19.1 Å². The van der Waals surface area contributed by atoms with E-state index in [0.717, 1.165) is 0 Å². The Bertz CT molecular complexity index is 732. The fraction of sp³-hybridized carbons (Fsp3) is 0.214. The van der Waals surface area contributed by atoms with Crippen molar-refractivity contribution in [3.05, 3.63) is 45.7 Å². The Morgan fingerprint density at radius 3 is 2.65 bits per heavy atom. The quantitative estimate of drug-likeness (QED) is 0.858. The monoisotopic (exact) mass is 275 g/mol. The molecule has 2 aromatic rings. The summed E-state index contributed by atoms with van der Waals surface area (Å²) in [6.45, 7) is 1.85. The average molecular weight is 275 g/mol. The van der Waals surface area contributed by atoms with Gasteiger partial charge in [-0.05, 0) is 25.1 Å². The second-order valence-electron chi connectivity index (χ2n) is 4.00. The maximum atomic E-state index is 12.2. The van der Waals surface area contributed by atoms with Gasteiger partial charge in [0.2, 0.25) is 5.43 Å². The van der Waals surface area contributed by atoms with E-state index in [-0.39, 0.29) is 12.2 Å². The van der Waals surface area contributed by atoms with E-state index >= 15 is 0 Å². The number of nitrogens with one attached hydrogen (secondary N) is 1. The number of aromatic nitrogens is 1. The maximum Gasteiger partial charge on any atom is 0.343 e. The molecule has 0 fully saturated rings. The molecule has 0 atom stereocenters. The Morgan fingerprint density at radius 2 is 2.00 bits per heavy atom. The molecule has 0 unspecified atom stereocenters. The zero-order chi connectivity index (χ0) is 14.7. The fourth-order valence-corrected chi connectivity index (χ4v) is 1.83. The minimum absolute atomic E-state index is 0.0647. The first-order chi connectivity index (χ1) is 9.58. The molecule has 0 radical (unpaired) electrons. The van der Waals surface area contributed by atoms with Crippen LogP contribution in [0.2, 0.25) is 0 Å². The van der Waals surface area contributed by atoms with Crippen molar-refractivity contribution in [1.82, 2.24) is 4.98 Å². The lowest BCUT2D eigenvalue weighted by molar-refractivity contribution is 0.0523. The molecule has 0 amide bonds. The van der Waals surface area contributed by atoms with Crippen LogP contribution in [-0.2, 0) is 9.47 Å². The highest BCUT2D eigenvalue weighted by Gasteiger charge is 2.15. The average Bonchev–Trinajstić information content (AvgIpc) is 2.46. The molecule has 0 aliphatic rings. The van der Waals surface area contributed by atoms with Crippen molar-refractivity contribution in [1.29, 1.82) is 0 Å². The summed E-state index contributed by atoms with van der Waals surface area (Å²) in [4.78, 5) is 38.0. The summed E-state index contributed by atoms with van der Waals surface area (Å²) in [7, 11) is 1.28. The highest BCUT2D eigenvalue weighted by molar-refractivity contribution is 5.97. The van der Waals surface area contributed by atoms with Gasteiger partial charge in [-0.1, -0.05) is 0 Å². The van der Waals surface area contributed by atoms with Crippen LogP contribution in [0.25, 0.3) is 10.9 Å². The number of carbonyl (C=O) groups excluding carboxylic acids is 2. The number of pyridine rings is 1. The SMILES string of the molecule is CCOC(=O)c1c[nH]c2cc(C(=O)OC)ccc2c1=O. The minimum Gasteiger partial charge on any atom is -0.465 e. The number of ether oxygens (including phenoxy) is 2. The van der Waals surface area contributed by atoms with Crippen LogP contribution in [0.15, 0.2) is 29.2 Å². The number of methoxy groups -OCH3 is 1. The molecule has 0 saturated carbocycles. The molecule has 1 N–H and O–H groups in total. The van der Waals surface area contributed by atoms with Gasteiger partial charge >= 0.3 is 11.9 Å². The minimum atomic E-state index is -0.673. The molecule has 0 bridgehead atoms.